The minimum atomic E-state index is -4.12. The average molecular weight is 372 g/mol. The lowest BCUT2D eigenvalue weighted by molar-refractivity contribution is -0.114. The zero-order valence-corrected chi connectivity index (χ0v) is 14.9. The molecule has 1 amide bonds. The van der Waals surface area contributed by atoms with Gasteiger partial charge in [-0.25, -0.2) is 0 Å². The molecule has 2 rings (SSSR count). The summed E-state index contributed by atoms with van der Waals surface area (Å²) in [6.07, 6.45) is 1.15. The van der Waals surface area contributed by atoms with E-state index in [9.17, 15) is 13.2 Å². The zero-order chi connectivity index (χ0) is 19.3. The average Bonchev–Trinajstić information content (AvgIpc) is 2.60. The number of rotatable bonds is 6. The highest BCUT2D eigenvalue weighted by atomic mass is 32.2. The Hall–Kier alpha value is -3.31. The van der Waals surface area contributed by atoms with Crippen LogP contribution in [0.15, 0.2) is 52.9 Å². The minimum absolute atomic E-state index is 0.0312. The van der Waals surface area contributed by atoms with Gasteiger partial charge in [0.05, 0.1) is 7.11 Å². The fourth-order valence-electron chi connectivity index (χ4n) is 2.02. The second-order valence-electron chi connectivity index (χ2n) is 5.29. The normalized spacial score (nSPS) is 11.5. The first kappa shape index (κ1) is 19.0. The second kappa shape index (κ2) is 7.72. The molecule has 0 atom stereocenters. The molecular formula is C18H16N2O5S. The molecular weight excluding hydrogens is 356 g/mol. The quantitative estimate of drug-likeness (QED) is 0.471. The Bertz CT molecular complexity index is 1000. The lowest BCUT2D eigenvalue weighted by Crippen LogP contribution is -2.13. The van der Waals surface area contributed by atoms with Crippen molar-refractivity contribution in [3.63, 3.8) is 0 Å². The van der Waals surface area contributed by atoms with Gasteiger partial charge in [-0.15, -0.1) is 0 Å². The summed E-state index contributed by atoms with van der Waals surface area (Å²) < 4.78 is 35.3. The lowest BCUT2D eigenvalue weighted by Gasteiger charge is -2.11. The molecule has 0 bridgehead atoms. The van der Waals surface area contributed by atoms with Gasteiger partial charge in [-0.3, -0.25) is 4.79 Å². The number of nitrogens with two attached hydrogens (primary N) is 1. The van der Waals surface area contributed by atoms with Crippen LogP contribution in [0.3, 0.4) is 0 Å². The first-order valence-electron chi connectivity index (χ1n) is 7.37. The molecule has 0 heterocycles. The Morgan fingerprint density at radius 1 is 1.19 bits per heavy atom. The summed E-state index contributed by atoms with van der Waals surface area (Å²) in [7, 11) is -2.71. The van der Waals surface area contributed by atoms with Crippen LogP contribution in [-0.4, -0.2) is 21.4 Å². The summed E-state index contributed by atoms with van der Waals surface area (Å²) in [5, 5.41) is 8.98. The summed E-state index contributed by atoms with van der Waals surface area (Å²) in [5.74, 6) is -0.691. The number of carbonyl (C=O) groups excluding carboxylic acids is 1. The van der Waals surface area contributed by atoms with E-state index in [0.717, 1.165) is 11.6 Å². The summed E-state index contributed by atoms with van der Waals surface area (Å²) in [4.78, 5) is 11.2. The predicted octanol–water partition coefficient (Wildman–Crippen LogP) is 2.16. The minimum Gasteiger partial charge on any atom is -0.497 e. The number of methoxy groups -OCH3 is 1. The van der Waals surface area contributed by atoms with Crippen LogP contribution in [-0.2, 0) is 14.9 Å². The van der Waals surface area contributed by atoms with Crippen molar-refractivity contribution in [3.05, 3.63) is 59.2 Å². The maximum Gasteiger partial charge on any atom is 0.339 e. The Kier molecular flexibility index (Phi) is 5.64. The number of nitriles is 1. The van der Waals surface area contributed by atoms with E-state index in [0.29, 0.717) is 5.75 Å². The number of primary amides is 1. The van der Waals surface area contributed by atoms with Gasteiger partial charge in [0.25, 0.3) is 5.91 Å². The third-order valence-corrected chi connectivity index (χ3v) is 4.66. The van der Waals surface area contributed by atoms with Crippen LogP contribution in [0.1, 0.15) is 11.1 Å². The summed E-state index contributed by atoms with van der Waals surface area (Å²) in [5.41, 5.74) is 5.87. The molecule has 26 heavy (non-hydrogen) atoms. The molecule has 0 fully saturated rings. The Morgan fingerprint density at radius 3 is 2.38 bits per heavy atom. The molecule has 0 aromatic heterocycles. The molecule has 7 nitrogen and oxygen atoms in total. The topological polar surface area (TPSA) is 119 Å². The number of amides is 1. The molecule has 0 saturated heterocycles. The standard InChI is InChI=1S/C18H16N2O5S/c1-12-3-7-16(8-4-12)26(22,23)25-17-10-15(24-2)6-5-13(17)9-14(11-19)18(20)21/h3-10H,1-2H3,(H2,20,21)/b14-9+. The number of aryl methyl sites for hydroxylation is 1. The molecule has 8 heteroatoms. The van der Waals surface area contributed by atoms with E-state index in [4.69, 9.17) is 19.9 Å². The fourth-order valence-corrected chi connectivity index (χ4v) is 2.96. The zero-order valence-electron chi connectivity index (χ0n) is 14.1. The summed E-state index contributed by atoms with van der Waals surface area (Å²) in [6, 6.07) is 12.1. The Morgan fingerprint density at radius 2 is 1.85 bits per heavy atom. The number of hydrogen-bond donors (Lipinski definition) is 1. The van der Waals surface area contributed by atoms with Gasteiger partial charge in [0.15, 0.2) is 5.75 Å². The lowest BCUT2D eigenvalue weighted by atomic mass is 10.1. The van der Waals surface area contributed by atoms with Crippen LogP contribution < -0.4 is 14.7 Å². The molecule has 0 aliphatic heterocycles. The maximum atomic E-state index is 12.5. The van der Waals surface area contributed by atoms with E-state index in [-0.39, 0.29) is 21.8 Å². The molecule has 0 aliphatic carbocycles. The molecule has 0 saturated carbocycles. The monoisotopic (exact) mass is 372 g/mol. The van der Waals surface area contributed by atoms with E-state index in [1.807, 2.05) is 6.92 Å². The van der Waals surface area contributed by atoms with Crippen molar-refractivity contribution in [2.45, 2.75) is 11.8 Å². The molecule has 0 aliphatic rings. The Balaban J connectivity index is 2.52. The van der Waals surface area contributed by atoms with Gasteiger partial charge in [-0.2, -0.15) is 13.7 Å². The van der Waals surface area contributed by atoms with E-state index in [1.54, 1.807) is 18.2 Å². The molecule has 2 aromatic rings. The number of carbonyl (C=O) groups is 1. The maximum absolute atomic E-state index is 12.5. The molecule has 2 N–H and O–H groups in total. The molecule has 0 unspecified atom stereocenters. The van der Waals surface area contributed by atoms with Crippen molar-refractivity contribution in [2.75, 3.05) is 7.11 Å². The van der Waals surface area contributed by atoms with Crippen LogP contribution in [0, 0.1) is 18.3 Å². The van der Waals surface area contributed by atoms with Gasteiger partial charge >= 0.3 is 10.1 Å². The van der Waals surface area contributed by atoms with Crippen molar-refractivity contribution < 1.29 is 22.1 Å². The van der Waals surface area contributed by atoms with Crippen LogP contribution in [0.25, 0.3) is 6.08 Å². The number of benzene rings is 2. The Labute approximate surface area is 151 Å². The van der Waals surface area contributed by atoms with Crippen molar-refractivity contribution in [1.29, 1.82) is 5.26 Å². The molecule has 0 spiro atoms. The van der Waals surface area contributed by atoms with Crippen LogP contribution in [0.4, 0.5) is 0 Å². The third kappa shape index (κ3) is 4.40. The third-order valence-electron chi connectivity index (χ3n) is 3.42. The van der Waals surface area contributed by atoms with Gasteiger partial charge in [0.2, 0.25) is 0 Å². The predicted molar refractivity (Wildman–Crippen MR) is 94.8 cm³/mol. The molecule has 0 radical (unpaired) electrons. The first-order chi connectivity index (χ1) is 12.3. The van der Waals surface area contributed by atoms with E-state index >= 15 is 0 Å². The van der Waals surface area contributed by atoms with Crippen LogP contribution >= 0.6 is 0 Å². The van der Waals surface area contributed by atoms with Crippen molar-refractivity contribution in [3.8, 4) is 17.6 Å². The van der Waals surface area contributed by atoms with Crippen LogP contribution in [0.2, 0.25) is 0 Å². The van der Waals surface area contributed by atoms with E-state index in [2.05, 4.69) is 0 Å². The van der Waals surface area contributed by atoms with Gasteiger partial charge in [0, 0.05) is 11.6 Å². The highest BCUT2D eigenvalue weighted by Gasteiger charge is 2.19. The van der Waals surface area contributed by atoms with Gasteiger partial charge in [-0.1, -0.05) is 17.7 Å². The fraction of sp³-hybridized carbons (Fsp3) is 0.111. The highest BCUT2D eigenvalue weighted by Crippen LogP contribution is 2.29. The summed E-state index contributed by atoms with van der Waals surface area (Å²) in [6.45, 7) is 1.83. The van der Waals surface area contributed by atoms with Crippen molar-refractivity contribution >= 4 is 22.1 Å². The van der Waals surface area contributed by atoms with Gasteiger partial charge < -0.3 is 14.7 Å². The molecule has 2 aromatic carbocycles. The molecule has 134 valence electrons. The number of nitrogens with zero attached hydrogens (tertiary/aromatic N) is 1. The SMILES string of the molecule is COc1ccc(/C=C(\C#N)C(N)=O)c(OS(=O)(=O)c2ccc(C)cc2)c1. The summed E-state index contributed by atoms with van der Waals surface area (Å²) >= 11 is 0. The van der Waals surface area contributed by atoms with Crippen molar-refractivity contribution in [2.24, 2.45) is 5.73 Å². The number of ether oxygens (including phenoxy) is 1. The first-order valence-corrected chi connectivity index (χ1v) is 8.78. The van der Waals surface area contributed by atoms with Gasteiger partial charge in [0.1, 0.15) is 22.3 Å². The van der Waals surface area contributed by atoms with Gasteiger partial charge in [-0.05, 0) is 37.3 Å². The number of hydrogen-bond acceptors (Lipinski definition) is 6. The second-order valence-corrected chi connectivity index (χ2v) is 6.83. The smallest absolute Gasteiger partial charge is 0.339 e. The highest BCUT2D eigenvalue weighted by molar-refractivity contribution is 7.87. The van der Waals surface area contributed by atoms with E-state index < -0.39 is 16.0 Å². The van der Waals surface area contributed by atoms with Crippen molar-refractivity contribution in [1.82, 2.24) is 0 Å². The largest absolute Gasteiger partial charge is 0.497 e. The van der Waals surface area contributed by atoms with Crippen LogP contribution in [0.5, 0.6) is 11.5 Å². The van der Waals surface area contributed by atoms with E-state index in [1.165, 1.54) is 37.4 Å².